The van der Waals surface area contributed by atoms with Gasteiger partial charge < -0.3 is 4.74 Å². The number of rotatable bonds is 5. The number of alkyl halides is 1. The number of aromatic amines is 1. The van der Waals surface area contributed by atoms with Crippen LogP contribution in [0, 0.1) is 0 Å². The first-order valence-electron chi connectivity index (χ1n) is 5.59. The quantitative estimate of drug-likeness (QED) is 0.649. The van der Waals surface area contributed by atoms with Crippen LogP contribution in [-0.2, 0) is 11.3 Å². The molecule has 2 aromatic rings. The molecule has 96 valence electrons. The van der Waals surface area contributed by atoms with Crippen LogP contribution in [0.5, 0.6) is 0 Å². The van der Waals surface area contributed by atoms with Gasteiger partial charge in [-0.25, -0.2) is 4.68 Å². The average Bonchev–Trinajstić information content (AvgIpc) is 2.40. The molecule has 0 radical (unpaired) electrons. The van der Waals surface area contributed by atoms with Gasteiger partial charge in [-0.2, -0.15) is 0 Å². The normalized spacial score (nSPS) is 10.9. The van der Waals surface area contributed by atoms with Crippen LogP contribution in [0.25, 0.3) is 10.8 Å². The number of benzene rings is 1. The molecule has 2 rings (SSSR count). The lowest BCUT2D eigenvalue weighted by molar-refractivity contribution is 0.136. The largest absolute Gasteiger partial charge is 0.378 e. The predicted octanol–water partition coefficient (Wildman–Crippen LogP) is 0.945. The smallest absolute Gasteiger partial charge is 0.273 e. The molecule has 6 heteroatoms. The zero-order valence-corrected chi connectivity index (χ0v) is 10.4. The van der Waals surface area contributed by atoms with Crippen LogP contribution in [0.4, 0.5) is 0 Å². The number of hydrogen-bond acceptors (Lipinski definition) is 3. The first kappa shape index (κ1) is 12.9. The van der Waals surface area contributed by atoms with Crippen molar-refractivity contribution in [3.05, 3.63) is 45.0 Å². The summed E-state index contributed by atoms with van der Waals surface area (Å²) in [5.74, 6) is 0.406. The molecule has 1 N–H and O–H groups in total. The number of hydrogen-bond donors (Lipinski definition) is 1. The Morgan fingerprint density at radius 2 is 1.89 bits per heavy atom. The summed E-state index contributed by atoms with van der Waals surface area (Å²) in [7, 11) is 0. The monoisotopic (exact) mass is 268 g/mol. The van der Waals surface area contributed by atoms with Crippen molar-refractivity contribution < 1.29 is 4.74 Å². The zero-order valence-electron chi connectivity index (χ0n) is 9.69. The third kappa shape index (κ3) is 2.63. The summed E-state index contributed by atoms with van der Waals surface area (Å²) >= 11 is 5.47. The van der Waals surface area contributed by atoms with Crippen molar-refractivity contribution in [1.29, 1.82) is 0 Å². The molecular formula is C12H13ClN2O3. The summed E-state index contributed by atoms with van der Waals surface area (Å²) in [6, 6.07) is 6.73. The standard InChI is InChI=1S/C12H13ClN2O3/c13-5-7-18-8-6-15-12(17)10-4-2-1-3-9(10)11(16)14-15/h1-4H,5-8H2,(H,14,16). The first-order chi connectivity index (χ1) is 8.74. The highest BCUT2D eigenvalue weighted by molar-refractivity contribution is 6.17. The molecule has 18 heavy (non-hydrogen) atoms. The van der Waals surface area contributed by atoms with Crippen molar-refractivity contribution in [3.63, 3.8) is 0 Å². The number of H-pyrrole nitrogens is 1. The van der Waals surface area contributed by atoms with Crippen LogP contribution < -0.4 is 11.1 Å². The summed E-state index contributed by atoms with van der Waals surface area (Å²) in [6.45, 7) is 1.06. The molecule has 5 nitrogen and oxygen atoms in total. The number of aromatic nitrogens is 2. The van der Waals surface area contributed by atoms with Crippen LogP contribution in [-0.4, -0.2) is 28.9 Å². The minimum atomic E-state index is -0.275. The van der Waals surface area contributed by atoms with Gasteiger partial charge in [0.15, 0.2) is 0 Å². The molecule has 1 heterocycles. The van der Waals surface area contributed by atoms with E-state index in [1.54, 1.807) is 24.3 Å². The third-order valence-electron chi connectivity index (χ3n) is 2.56. The van der Waals surface area contributed by atoms with Crippen molar-refractivity contribution in [3.8, 4) is 0 Å². The molecular weight excluding hydrogens is 256 g/mol. The molecule has 0 saturated carbocycles. The number of halogens is 1. The van der Waals surface area contributed by atoms with Crippen molar-refractivity contribution in [2.24, 2.45) is 0 Å². The lowest BCUT2D eigenvalue weighted by Crippen LogP contribution is -2.31. The van der Waals surface area contributed by atoms with Gasteiger partial charge in [-0.1, -0.05) is 12.1 Å². The molecule has 0 atom stereocenters. The Kier molecular flexibility index (Phi) is 4.17. The maximum Gasteiger partial charge on any atom is 0.273 e. The molecule has 1 aromatic heterocycles. The first-order valence-corrected chi connectivity index (χ1v) is 6.13. The van der Waals surface area contributed by atoms with E-state index < -0.39 is 0 Å². The summed E-state index contributed by atoms with van der Waals surface area (Å²) in [4.78, 5) is 23.8. The van der Waals surface area contributed by atoms with Gasteiger partial charge in [0.1, 0.15) is 0 Å². The molecule has 0 bridgehead atoms. The number of nitrogens with one attached hydrogen (secondary N) is 1. The van der Waals surface area contributed by atoms with Crippen LogP contribution in [0.3, 0.4) is 0 Å². The topological polar surface area (TPSA) is 64.1 Å². The average molecular weight is 269 g/mol. The highest BCUT2D eigenvalue weighted by atomic mass is 35.5. The fourth-order valence-electron chi connectivity index (χ4n) is 1.72. The van der Waals surface area contributed by atoms with E-state index in [4.69, 9.17) is 16.3 Å². The predicted molar refractivity (Wildman–Crippen MR) is 70.4 cm³/mol. The molecule has 0 unspecified atom stereocenters. The van der Waals surface area contributed by atoms with Gasteiger partial charge in [0, 0.05) is 5.88 Å². The highest BCUT2D eigenvalue weighted by Gasteiger charge is 2.05. The Balaban J connectivity index is 2.32. The third-order valence-corrected chi connectivity index (χ3v) is 2.72. The van der Waals surface area contributed by atoms with E-state index >= 15 is 0 Å². The maximum absolute atomic E-state index is 12.1. The van der Waals surface area contributed by atoms with Gasteiger partial charge in [-0.3, -0.25) is 14.7 Å². The van der Waals surface area contributed by atoms with E-state index in [0.717, 1.165) is 0 Å². The van der Waals surface area contributed by atoms with E-state index in [2.05, 4.69) is 5.10 Å². The molecule has 0 fully saturated rings. The Morgan fingerprint density at radius 3 is 2.61 bits per heavy atom. The van der Waals surface area contributed by atoms with Crippen molar-refractivity contribution in [2.45, 2.75) is 6.54 Å². The minimum absolute atomic E-state index is 0.223. The molecule has 0 saturated heterocycles. The lowest BCUT2D eigenvalue weighted by atomic mass is 10.2. The van der Waals surface area contributed by atoms with Crippen molar-refractivity contribution in [2.75, 3.05) is 19.1 Å². The second-order valence-electron chi connectivity index (χ2n) is 3.74. The van der Waals surface area contributed by atoms with Gasteiger partial charge in [-0.15, -0.1) is 11.6 Å². The maximum atomic E-state index is 12.1. The second-order valence-corrected chi connectivity index (χ2v) is 4.12. The van der Waals surface area contributed by atoms with Gasteiger partial charge in [0.05, 0.1) is 30.5 Å². The minimum Gasteiger partial charge on any atom is -0.378 e. The fraction of sp³-hybridized carbons (Fsp3) is 0.333. The Hall–Kier alpha value is -1.59. The highest BCUT2D eigenvalue weighted by Crippen LogP contribution is 2.02. The lowest BCUT2D eigenvalue weighted by Gasteiger charge is -2.07. The van der Waals surface area contributed by atoms with Crippen molar-refractivity contribution >= 4 is 22.4 Å². The summed E-state index contributed by atoms with van der Waals surface area (Å²) < 4.78 is 6.44. The van der Waals surface area contributed by atoms with E-state index in [1.807, 2.05) is 0 Å². The summed E-state index contributed by atoms with van der Waals surface area (Å²) in [5, 5.41) is 3.35. The second kappa shape index (κ2) is 5.84. The van der Waals surface area contributed by atoms with Crippen molar-refractivity contribution in [1.82, 2.24) is 9.78 Å². The fourth-order valence-corrected chi connectivity index (χ4v) is 1.83. The van der Waals surface area contributed by atoms with Gasteiger partial charge in [0.2, 0.25) is 0 Å². The number of ether oxygens (including phenoxy) is 1. The Labute approximate surface area is 108 Å². The molecule has 0 aliphatic heterocycles. The molecule has 0 spiro atoms. The van der Waals surface area contributed by atoms with Gasteiger partial charge in [0.25, 0.3) is 11.1 Å². The van der Waals surface area contributed by atoms with Crippen LogP contribution in [0.15, 0.2) is 33.9 Å². The Bertz CT molecular complexity index is 648. The summed E-state index contributed by atoms with van der Waals surface area (Å²) in [5.41, 5.74) is -0.498. The summed E-state index contributed by atoms with van der Waals surface area (Å²) in [6.07, 6.45) is 0. The SMILES string of the molecule is O=c1[nH]n(CCOCCCl)c(=O)c2ccccc12. The molecule has 0 aliphatic carbocycles. The zero-order chi connectivity index (χ0) is 13.0. The van der Waals surface area contributed by atoms with Crippen LogP contribution in [0.1, 0.15) is 0 Å². The number of fused-ring (bicyclic) bond motifs is 1. The van der Waals surface area contributed by atoms with E-state index in [1.165, 1.54) is 4.68 Å². The van der Waals surface area contributed by atoms with E-state index in [-0.39, 0.29) is 11.1 Å². The van der Waals surface area contributed by atoms with Gasteiger partial charge in [-0.05, 0) is 12.1 Å². The molecule has 0 amide bonds. The number of nitrogens with zero attached hydrogens (tertiary/aromatic N) is 1. The van der Waals surface area contributed by atoms with Crippen LogP contribution in [0.2, 0.25) is 0 Å². The molecule has 0 aliphatic rings. The van der Waals surface area contributed by atoms with E-state index in [9.17, 15) is 9.59 Å². The van der Waals surface area contributed by atoms with Crippen LogP contribution >= 0.6 is 11.6 Å². The Morgan fingerprint density at radius 1 is 1.17 bits per heavy atom. The van der Waals surface area contributed by atoms with Gasteiger partial charge >= 0.3 is 0 Å². The molecule has 1 aromatic carbocycles. The van der Waals surface area contributed by atoms with E-state index in [0.29, 0.717) is 36.4 Å².